The van der Waals surface area contributed by atoms with E-state index < -0.39 is 10.0 Å². The maximum absolute atomic E-state index is 12.9. The number of nitrogens with one attached hydrogen (secondary N) is 1. The molecule has 0 aliphatic rings. The fourth-order valence-corrected chi connectivity index (χ4v) is 4.69. The first-order valence-corrected chi connectivity index (χ1v) is 11.4. The summed E-state index contributed by atoms with van der Waals surface area (Å²) >= 11 is 7.24. The van der Waals surface area contributed by atoms with Crippen molar-refractivity contribution in [2.75, 3.05) is 33.6 Å². The Balaban J connectivity index is 1.94. The van der Waals surface area contributed by atoms with Gasteiger partial charge in [0.05, 0.1) is 19.1 Å². The van der Waals surface area contributed by atoms with Crippen LogP contribution in [0.15, 0.2) is 41.3 Å². The summed E-state index contributed by atoms with van der Waals surface area (Å²) in [5.41, 5.74) is 1.36. The van der Waals surface area contributed by atoms with E-state index in [0.717, 1.165) is 9.99 Å². The van der Waals surface area contributed by atoms with Gasteiger partial charge in [0, 0.05) is 37.3 Å². The minimum Gasteiger partial charge on any atom is -0.493 e. The Kier molecular flexibility index (Phi) is 6.81. The minimum atomic E-state index is -3.70. The Morgan fingerprint density at radius 2 is 1.70 bits per heavy atom. The maximum atomic E-state index is 12.9. The lowest BCUT2D eigenvalue weighted by atomic mass is 10.1. The molecule has 0 atom stereocenters. The molecule has 0 spiro atoms. The van der Waals surface area contributed by atoms with Crippen molar-refractivity contribution in [2.24, 2.45) is 0 Å². The molecular weight excluding hydrogens is 448 g/mol. The Bertz CT molecular complexity index is 1130. The van der Waals surface area contributed by atoms with E-state index in [9.17, 15) is 8.42 Å². The summed E-state index contributed by atoms with van der Waals surface area (Å²) in [4.78, 5) is 0.132. The molecule has 0 unspecified atom stereocenters. The second kappa shape index (κ2) is 9.17. The number of sulfonamides is 1. The van der Waals surface area contributed by atoms with Gasteiger partial charge in [-0.1, -0.05) is 22.9 Å². The lowest BCUT2D eigenvalue weighted by Gasteiger charge is -2.17. The molecule has 0 radical (unpaired) electrons. The lowest BCUT2D eigenvalue weighted by molar-refractivity contribution is 0.353. The molecule has 0 bridgehead atoms. The Hall–Kier alpha value is -2.40. The van der Waals surface area contributed by atoms with Crippen LogP contribution in [0.4, 0.5) is 10.8 Å². The van der Waals surface area contributed by atoms with E-state index in [1.54, 1.807) is 18.2 Å². The molecule has 2 aromatic carbocycles. The summed E-state index contributed by atoms with van der Waals surface area (Å²) in [6.45, 7) is 0. The number of anilines is 2. The van der Waals surface area contributed by atoms with Gasteiger partial charge in [0.15, 0.2) is 11.5 Å². The zero-order valence-corrected chi connectivity index (χ0v) is 19.2. The molecule has 0 fully saturated rings. The van der Waals surface area contributed by atoms with Crippen LogP contribution >= 0.6 is 22.9 Å². The summed E-state index contributed by atoms with van der Waals surface area (Å²) in [5, 5.41) is 13.4. The number of hydrogen-bond acceptors (Lipinski definition) is 8. The fourth-order valence-electron chi connectivity index (χ4n) is 2.67. The predicted octanol–water partition coefficient (Wildman–Crippen LogP) is 3.79. The van der Waals surface area contributed by atoms with E-state index in [1.807, 2.05) is 12.1 Å². The number of rotatable bonds is 8. The van der Waals surface area contributed by atoms with Crippen molar-refractivity contribution in [1.82, 2.24) is 14.5 Å². The summed E-state index contributed by atoms with van der Waals surface area (Å²) in [6.07, 6.45) is 0.267. The van der Waals surface area contributed by atoms with Gasteiger partial charge in [-0.2, -0.15) is 0 Å². The number of hydrogen-bond donors (Lipinski definition) is 1. The molecule has 1 heterocycles. The second-order valence-corrected chi connectivity index (χ2v) is 10.0. The van der Waals surface area contributed by atoms with Crippen LogP contribution in [0.3, 0.4) is 0 Å². The van der Waals surface area contributed by atoms with E-state index in [1.165, 1.54) is 45.7 Å². The van der Waals surface area contributed by atoms with Crippen LogP contribution in [-0.4, -0.2) is 51.2 Å². The Labute approximate surface area is 184 Å². The van der Waals surface area contributed by atoms with E-state index in [-0.39, 0.29) is 11.3 Å². The van der Waals surface area contributed by atoms with E-state index in [4.69, 9.17) is 21.1 Å². The third-order valence-corrected chi connectivity index (χ3v) is 7.22. The van der Waals surface area contributed by atoms with Crippen LogP contribution in [0.1, 0.15) is 10.6 Å². The first-order chi connectivity index (χ1) is 14.2. The van der Waals surface area contributed by atoms with Crippen molar-refractivity contribution in [3.05, 3.63) is 52.0 Å². The molecule has 0 amide bonds. The van der Waals surface area contributed by atoms with Crippen LogP contribution in [0, 0.1) is 0 Å². The zero-order valence-electron chi connectivity index (χ0n) is 16.8. The molecule has 1 N–H and O–H groups in total. The van der Waals surface area contributed by atoms with Crippen LogP contribution in [0.25, 0.3) is 0 Å². The molecule has 3 aromatic rings. The molecule has 0 saturated carbocycles. The molecule has 3 rings (SSSR count). The molecular formula is C19H21ClN4O4S2. The first kappa shape index (κ1) is 22.3. The highest BCUT2D eigenvalue weighted by molar-refractivity contribution is 7.89. The van der Waals surface area contributed by atoms with Crippen molar-refractivity contribution < 1.29 is 17.9 Å². The maximum Gasteiger partial charge on any atom is 0.242 e. The second-order valence-electron chi connectivity index (χ2n) is 6.41. The first-order valence-electron chi connectivity index (χ1n) is 8.77. The zero-order chi connectivity index (χ0) is 21.9. The van der Waals surface area contributed by atoms with Gasteiger partial charge in [-0.15, -0.1) is 10.2 Å². The van der Waals surface area contributed by atoms with E-state index >= 15 is 0 Å². The highest BCUT2D eigenvalue weighted by atomic mass is 35.5. The summed E-state index contributed by atoms with van der Waals surface area (Å²) in [7, 11) is 2.22. The smallest absolute Gasteiger partial charge is 0.242 e. The van der Waals surface area contributed by atoms with Crippen molar-refractivity contribution in [2.45, 2.75) is 11.3 Å². The number of methoxy groups -OCH3 is 2. The van der Waals surface area contributed by atoms with Gasteiger partial charge < -0.3 is 14.8 Å². The summed E-state index contributed by atoms with van der Waals surface area (Å²) < 4.78 is 37.5. The molecule has 11 heteroatoms. The molecule has 1 aromatic heterocycles. The van der Waals surface area contributed by atoms with Gasteiger partial charge in [0.25, 0.3) is 0 Å². The highest BCUT2D eigenvalue weighted by Crippen LogP contribution is 2.35. The fraction of sp³-hybridized carbons (Fsp3) is 0.263. The molecule has 8 nitrogen and oxygen atoms in total. The number of halogens is 1. The van der Waals surface area contributed by atoms with Crippen LogP contribution in [0.2, 0.25) is 5.02 Å². The SMILES string of the molecule is COc1cc(Cc2nnc(Nc3ccc(Cl)cc3)s2)c(S(=O)(=O)N(C)C)cc1OC. The molecule has 0 aliphatic carbocycles. The average Bonchev–Trinajstić information content (AvgIpc) is 3.15. The molecule has 160 valence electrons. The monoisotopic (exact) mass is 468 g/mol. The Morgan fingerprint density at radius 3 is 2.30 bits per heavy atom. The van der Waals surface area contributed by atoms with Gasteiger partial charge >= 0.3 is 0 Å². The third kappa shape index (κ3) is 4.84. The average molecular weight is 469 g/mol. The molecule has 30 heavy (non-hydrogen) atoms. The van der Waals surface area contributed by atoms with Gasteiger partial charge in [-0.25, -0.2) is 12.7 Å². The number of ether oxygens (including phenoxy) is 2. The van der Waals surface area contributed by atoms with Crippen molar-refractivity contribution in [3.8, 4) is 11.5 Å². The summed E-state index contributed by atoms with van der Waals surface area (Å²) in [5.74, 6) is 0.776. The minimum absolute atomic E-state index is 0.132. The topological polar surface area (TPSA) is 93.7 Å². The molecule has 0 saturated heterocycles. The standard InChI is InChI=1S/C19H21ClN4O4S2/c1-24(2)30(25,26)17-11-16(28-4)15(27-3)9-12(17)10-18-22-23-19(29-18)21-14-7-5-13(20)6-8-14/h5-9,11H,10H2,1-4H3,(H,21,23). The number of aromatic nitrogens is 2. The summed E-state index contributed by atoms with van der Waals surface area (Å²) in [6, 6.07) is 10.3. The largest absolute Gasteiger partial charge is 0.493 e. The van der Waals surface area contributed by atoms with Crippen LogP contribution in [-0.2, 0) is 16.4 Å². The number of nitrogens with zero attached hydrogens (tertiary/aromatic N) is 3. The van der Waals surface area contributed by atoms with Gasteiger partial charge in [-0.05, 0) is 35.9 Å². The van der Waals surface area contributed by atoms with E-state index in [0.29, 0.717) is 32.2 Å². The third-order valence-electron chi connectivity index (χ3n) is 4.23. The Morgan fingerprint density at radius 1 is 1.07 bits per heavy atom. The van der Waals surface area contributed by atoms with Gasteiger partial charge in [-0.3, -0.25) is 0 Å². The lowest BCUT2D eigenvalue weighted by Crippen LogP contribution is -2.23. The predicted molar refractivity (Wildman–Crippen MR) is 118 cm³/mol. The normalized spacial score (nSPS) is 11.5. The van der Waals surface area contributed by atoms with Crippen LogP contribution < -0.4 is 14.8 Å². The van der Waals surface area contributed by atoms with Crippen molar-refractivity contribution >= 4 is 43.8 Å². The van der Waals surface area contributed by atoms with Gasteiger partial charge in [0.1, 0.15) is 5.01 Å². The van der Waals surface area contributed by atoms with Gasteiger partial charge in [0.2, 0.25) is 15.2 Å². The van der Waals surface area contributed by atoms with Crippen molar-refractivity contribution in [3.63, 3.8) is 0 Å². The highest BCUT2D eigenvalue weighted by Gasteiger charge is 2.25. The number of benzene rings is 2. The van der Waals surface area contributed by atoms with E-state index in [2.05, 4.69) is 15.5 Å². The van der Waals surface area contributed by atoms with Crippen molar-refractivity contribution in [1.29, 1.82) is 0 Å². The van der Waals surface area contributed by atoms with Crippen LogP contribution in [0.5, 0.6) is 11.5 Å². The molecule has 0 aliphatic heterocycles. The quantitative estimate of drug-likeness (QED) is 0.537.